The van der Waals surface area contributed by atoms with E-state index in [1.54, 1.807) is 29.9 Å². The van der Waals surface area contributed by atoms with Crippen molar-refractivity contribution in [3.63, 3.8) is 0 Å². The zero-order valence-corrected chi connectivity index (χ0v) is 22.8. The molecule has 0 aliphatic heterocycles. The number of amides is 1. The van der Waals surface area contributed by atoms with Crippen LogP contribution in [0.3, 0.4) is 0 Å². The van der Waals surface area contributed by atoms with Crippen LogP contribution in [0.4, 0.5) is 4.79 Å². The third-order valence-electron chi connectivity index (χ3n) is 2.27. The molecule has 160 valence electrons. The summed E-state index contributed by atoms with van der Waals surface area (Å²) in [5, 5.41) is 10.3. The third kappa shape index (κ3) is 21.2. The Morgan fingerprint density at radius 3 is 2.00 bits per heavy atom. The first-order chi connectivity index (χ1) is 12.0. The molecule has 0 bridgehead atoms. The van der Waals surface area contributed by atoms with Gasteiger partial charge in [-0.15, -0.1) is 0 Å². The highest BCUT2D eigenvalue weighted by atomic mass is 33.7. The summed E-state index contributed by atoms with van der Waals surface area (Å²) in [5.74, 6) is 1.17. The molecule has 0 unspecified atom stereocenters. The topological polar surface area (TPSA) is 112 Å². The molecule has 0 spiro atoms. The maximum Gasteiger partial charge on any atom is 0.585 e. The van der Waals surface area contributed by atoms with Crippen molar-refractivity contribution >= 4 is 65.0 Å². The quantitative estimate of drug-likeness (QED) is 0.177. The van der Waals surface area contributed by atoms with E-state index in [-0.39, 0.29) is 6.15 Å². The van der Waals surface area contributed by atoms with Crippen molar-refractivity contribution in [1.29, 1.82) is 0 Å². The van der Waals surface area contributed by atoms with Gasteiger partial charge in [-0.1, -0.05) is 23.8 Å². The standard InChI is InChI=1S/C9H22O3S4Si.C4H11NO2Si.H3N/c1-5-9-13-14-15-16-17(10-6-2,11-7-3)12-8-4;6-4(7)5-2-1-3-8;/h5-9H2,1-4H3;5H,1-3H2,8H3,(H,6,7);1H3. The molecule has 0 atom stereocenters. The predicted molar refractivity (Wildman–Crippen MR) is 127 cm³/mol. The highest BCUT2D eigenvalue weighted by molar-refractivity contribution is 9.28. The van der Waals surface area contributed by atoms with Crippen molar-refractivity contribution in [2.75, 3.05) is 32.1 Å². The zero-order valence-electron chi connectivity index (χ0n) is 16.6. The Labute approximate surface area is 177 Å². The molecule has 0 aromatic carbocycles. The molecule has 13 heteroatoms. The minimum Gasteiger partial charge on any atom is -0.465 e. The molecular formula is C13H36N2O5S4Si2. The molecule has 0 aliphatic carbocycles. The number of rotatable bonds is 15. The summed E-state index contributed by atoms with van der Waals surface area (Å²) < 4.78 is 17.2. The number of nitrogens with one attached hydrogen (secondary N) is 1. The molecule has 5 N–H and O–H groups in total. The van der Waals surface area contributed by atoms with Gasteiger partial charge < -0.3 is 29.9 Å². The van der Waals surface area contributed by atoms with Gasteiger partial charge >= 0.3 is 14.0 Å². The van der Waals surface area contributed by atoms with Crippen molar-refractivity contribution in [2.24, 2.45) is 0 Å². The van der Waals surface area contributed by atoms with Crippen molar-refractivity contribution < 1.29 is 23.2 Å². The fraction of sp³-hybridized carbons (Fsp3) is 0.923. The van der Waals surface area contributed by atoms with E-state index in [1.165, 1.54) is 28.5 Å². The lowest BCUT2D eigenvalue weighted by Crippen LogP contribution is -2.42. The lowest BCUT2D eigenvalue weighted by atomic mass is 10.5. The fourth-order valence-corrected chi connectivity index (χ4v) is 15.7. The van der Waals surface area contributed by atoms with Crippen molar-refractivity contribution in [3.8, 4) is 0 Å². The van der Waals surface area contributed by atoms with Gasteiger partial charge in [-0.3, -0.25) is 0 Å². The second-order valence-corrected chi connectivity index (χ2v) is 15.8. The third-order valence-corrected chi connectivity index (χ3v) is 15.9. The van der Waals surface area contributed by atoms with Crippen LogP contribution in [0.25, 0.3) is 0 Å². The molecule has 0 aromatic heterocycles. The molecular weight excluding hydrogens is 449 g/mol. The van der Waals surface area contributed by atoms with Gasteiger partial charge in [0.15, 0.2) is 0 Å². The van der Waals surface area contributed by atoms with Crippen molar-refractivity contribution in [1.82, 2.24) is 11.5 Å². The van der Waals surface area contributed by atoms with Gasteiger partial charge in [-0.25, -0.2) is 4.79 Å². The van der Waals surface area contributed by atoms with Crippen LogP contribution in [0, 0.1) is 0 Å². The van der Waals surface area contributed by atoms with Crippen LogP contribution >= 0.6 is 40.7 Å². The van der Waals surface area contributed by atoms with Gasteiger partial charge in [-0.05, 0) is 63.5 Å². The molecule has 1 amide bonds. The fourth-order valence-electron chi connectivity index (χ4n) is 1.29. The second-order valence-electron chi connectivity index (χ2n) is 4.43. The van der Waals surface area contributed by atoms with E-state index in [9.17, 15) is 4.79 Å². The summed E-state index contributed by atoms with van der Waals surface area (Å²) in [5.41, 5.74) is 0. The van der Waals surface area contributed by atoms with E-state index in [4.69, 9.17) is 18.4 Å². The first-order valence-corrected chi connectivity index (χ1v) is 17.4. The molecule has 7 nitrogen and oxygen atoms in total. The largest absolute Gasteiger partial charge is 0.585 e. The van der Waals surface area contributed by atoms with Gasteiger partial charge in [0.25, 0.3) is 0 Å². The number of carboxylic acid groups (broad SMARTS) is 1. The van der Waals surface area contributed by atoms with Gasteiger partial charge in [0.2, 0.25) is 0 Å². The van der Waals surface area contributed by atoms with Crippen LogP contribution in [0.1, 0.15) is 40.5 Å². The van der Waals surface area contributed by atoms with Gasteiger partial charge in [0.1, 0.15) is 0 Å². The SMILES string of the molecule is CCCSSSS[Si](OCC)(OCC)OCC.N.O=C(O)NCCC[SiH3]. The molecule has 0 aliphatic rings. The van der Waals surface area contributed by atoms with Crippen LogP contribution in [0.15, 0.2) is 0 Å². The zero-order chi connectivity index (χ0) is 19.4. The van der Waals surface area contributed by atoms with Crippen LogP contribution in [-0.2, 0) is 13.3 Å². The van der Waals surface area contributed by atoms with Gasteiger partial charge in [-0.2, -0.15) is 0 Å². The minimum absolute atomic E-state index is 0. The average Bonchev–Trinajstić information content (AvgIpc) is 2.56. The van der Waals surface area contributed by atoms with Crippen LogP contribution in [-0.4, -0.2) is 61.5 Å². The normalized spacial score (nSPS) is 10.6. The highest BCUT2D eigenvalue weighted by Gasteiger charge is 2.43. The Morgan fingerprint density at radius 2 is 1.62 bits per heavy atom. The van der Waals surface area contributed by atoms with E-state index >= 15 is 0 Å². The van der Waals surface area contributed by atoms with E-state index < -0.39 is 14.0 Å². The number of hydrogen-bond acceptors (Lipinski definition) is 9. The summed E-state index contributed by atoms with van der Waals surface area (Å²) >= 11 is 0. The summed E-state index contributed by atoms with van der Waals surface area (Å²) in [7, 11) is 5.62. The predicted octanol–water partition coefficient (Wildman–Crippen LogP) is 4.21. The molecule has 0 saturated carbocycles. The Balaban J connectivity index is -0.000000498. The molecule has 0 fully saturated rings. The van der Waals surface area contributed by atoms with Crippen molar-refractivity contribution in [2.45, 2.75) is 46.6 Å². The van der Waals surface area contributed by atoms with Gasteiger partial charge in [0.05, 0.1) is 0 Å². The average molecular weight is 485 g/mol. The lowest BCUT2D eigenvalue weighted by molar-refractivity contribution is 0.0971. The summed E-state index contributed by atoms with van der Waals surface area (Å²) in [6.07, 6.45) is 1.27. The maximum absolute atomic E-state index is 9.77. The summed E-state index contributed by atoms with van der Waals surface area (Å²) in [6, 6.07) is 1.17. The Morgan fingerprint density at radius 1 is 1.08 bits per heavy atom. The lowest BCUT2D eigenvalue weighted by Gasteiger charge is -2.25. The van der Waals surface area contributed by atoms with E-state index in [1.807, 2.05) is 31.6 Å². The Hall–Kier alpha value is 0.944. The van der Waals surface area contributed by atoms with Gasteiger partial charge in [0, 0.05) is 42.4 Å². The first-order valence-electron chi connectivity index (χ1n) is 8.54. The van der Waals surface area contributed by atoms with Crippen LogP contribution in [0.5, 0.6) is 0 Å². The molecule has 0 rings (SSSR count). The highest BCUT2D eigenvalue weighted by Crippen LogP contribution is 2.48. The number of carbonyl (C=O) groups is 1. The van der Waals surface area contributed by atoms with E-state index in [2.05, 4.69) is 12.2 Å². The van der Waals surface area contributed by atoms with E-state index in [0.29, 0.717) is 26.4 Å². The molecule has 0 radical (unpaired) electrons. The molecule has 0 aromatic rings. The van der Waals surface area contributed by atoms with Crippen LogP contribution in [0.2, 0.25) is 6.04 Å². The first kappa shape index (κ1) is 31.6. The molecule has 26 heavy (non-hydrogen) atoms. The minimum atomic E-state index is -2.51. The number of hydrogen-bond donors (Lipinski definition) is 3. The Bertz CT molecular complexity index is 297. The summed E-state index contributed by atoms with van der Waals surface area (Å²) in [4.78, 5) is 9.77. The smallest absolute Gasteiger partial charge is 0.465 e. The van der Waals surface area contributed by atoms with Crippen molar-refractivity contribution in [3.05, 3.63) is 0 Å². The molecule has 0 heterocycles. The molecule has 0 saturated heterocycles. The summed E-state index contributed by atoms with van der Waals surface area (Å²) in [6.45, 7) is 10.6. The Kier molecular flexibility index (Phi) is 29.2. The maximum atomic E-state index is 9.77. The monoisotopic (exact) mass is 484 g/mol. The van der Waals surface area contributed by atoms with E-state index in [0.717, 1.165) is 6.42 Å². The van der Waals surface area contributed by atoms with Crippen LogP contribution < -0.4 is 11.5 Å². The second kappa shape index (κ2) is 24.0.